The maximum absolute atomic E-state index is 12.7. The molecular weight excluding hydrogens is 257 g/mol. The summed E-state index contributed by atoms with van der Waals surface area (Å²) in [5, 5.41) is 0. The highest BCUT2D eigenvalue weighted by molar-refractivity contribution is 5.80. The lowest BCUT2D eigenvalue weighted by molar-refractivity contribution is -0.137. The summed E-state index contributed by atoms with van der Waals surface area (Å²) in [6, 6.07) is 4.73. The Bertz CT molecular complexity index is 597. The number of ether oxygens (including phenoxy) is 1. The summed E-state index contributed by atoms with van der Waals surface area (Å²) < 4.78 is 43.2. The maximum atomic E-state index is 12.7. The normalized spacial score (nSPS) is 11.4. The van der Waals surface area contributed by atoms with E-state index in [4.69, 9.17) is 10.5 Å². The van der Waals surface area contributed by atoms with Gasteiger partial charge in [0.2, 0.25) is 0 Å². The standard InChI is InChI=1S/C13H11F3N2O/c1-19-12-4-5-18-7-10(12)9-6-8(13(14,15)16)2-3-11(9)17/h2-7H,17H2,1H3. The van der Waals surface area contributed by atoms with Gasteiger partial charge in [0.25, 0.3) is 0 Å². The minimum atomic E-state index is -4.42. The zero-order valence-electron chi connectivity index (χ0n) is 10.0. The Balaban J connectivity index is 2.61. The van der Waals surface area contributed by atoms with Crippen LogP contribution in [0.5, 0.6) is 5.75 Å². The molecule has 0 radical (unpaired) electrons. The minimum absolute atomic E-state index is 0.235. The molecule has 0 atom stereocenters. The van der Waals surface area contributed by atoms with E-state index in [1.54, 1.807) is 6.07 Å². The van der Waals surface area contributed by atoms with Gasteiger partial charge in [-0.15, -0.1) is 0 Å². The number of anilines is 1. The molecule has 0 fully saturated rings. The number of nitrogens with two attached hydrogens (primary N) is 1. The number of benzene rings is 1. The van der Waals surface area contributed by atoms with E-state index in [2.05, 4.69) is 4.98 Å². The lowest BCUT2D eigenvalue weighted by Crippen LogP contribution is -2.06. The quantitative estimate of drug-likeness (QED) is 0.849. The summed E-state index contributed by atoms with van der Waals surface area (Å²) in [6.45, 7) is 0. The predicted molar refractivity (Wildman–Crippen MR) is 65.6 cm³/mol. The van der Waals surface area contributed by atoms with E-state index in [0.717, 1.165) is 12.1 Å². The van der Waals surface area contributed by atoms with Crippen LogP contribution in [0, 0.1) is 0 Å². The Kier molecular flexibility index (Phi) is 3.33. The minimum Gasteiger partial charge on any atom is -0.496 e. The second kappa shape index (κ2) is 4.79. The van der Waals surface area contributed by atoms with Crippen molar-refractivity contribution in [2.24, 2.45) is 0 Å². The highest BCUT2D eigenvalue weighted by Gasteiger charge is 2.31. The van der Waals surface area contributed by atoms with Crippen LogP contribution in [-0.4, -0.2) is 12.1 Å². The maximum Gasteiger partial charge on any atom is 0.416 e. The molecule has 2 aromatic rings. The molecule has 3 nitrogen and oxygen atoms in total. The van der Waals surface area contributed by atoms with Crippen LogP contribution in [0.1, 0.15) is 5.56 Å². The summed E-state index contributed by atoms with van der Waals surface area (Å²) >= 11 is 0. The first-order valence-electron chi connectivity index (χ1n) is 5.38. The van der Waals surface area contributed by atoms with E-state index in [1.165, 1.54) is 25.6 Å². The molecule has 0 saturated carbocycles. The average Bonchev–Trinajstić information content (AvgIpc) is 2.38. The van der Waals surface area contributed by atoms with Crippen molar-refractivity contribution in [1.82, 2.24) is 4.98 Å². The summed E-state index contributed by atoms with van der Waals surface area (Å²) in [4.78, 5) is 3.89. The van der Waals surface area contributed by atoms with Gasteiger partial charge >= 0.3 is 6.18 Å². The van der Waals surface area contributed by atoms with Crippen LogP contribution in [0.3, 0.4) is 0 Å². The number of aromatic nitrogens is 1. The van der Waals surface area contributed by atoms with Crippen LogP contribution >= 0.6 is 0 Å². The fourth-order valence-corrected chi connectivity index (χ4v) is 1.73. The van der Waals surface area contributed by atoms with E-state index in [-0.39, 0.29) is 11.3 Å². The summed E-state index contributed by atoms with van der Waals surface area (Å²) in [6.07, 6.45) is -1.51. The van der Waals surface area contributed by atoms with Crippen molar-refractivity contribution in [3.05, 3.63) is 42.2 Å². The summed E-state index contributed by atoms with van der Waals surface area (Å²) in [5.41, 5.74) is 5.89. The number of alkyl halides is 3. The van der Waals surface area contributed by atoms with Crippen molar-refractivity contribution >= 4 is 5.69 Å². The lowest BCUT2D eigenvalue weighted by Gasteiger charge is -2.13. The van der Waals surface area contributed by atoms with Gasteiger partial charge in [0, 0.05) is 29.2 Å². The first-order valence-corrected chi connectivity index (χ1v) is 5.38. The Labute approximate surface area is 107 Å². The van der Waals surface area contributed by atoms with Crippen LogP contribution in [0.25, 0.3) is 11.1 Å². The summed E-state index contributed by atoms with van der Waals surface area (Å²) in [5.74, 6) is 0.418. The molecule has 2 N–H and O–H groups in total. The first kappa shape index (κ1) is 13.2. The molecule has 1 heterocycles. The van der Waals surface area contributed by atoms with Gasteiger partial charge in [-0.05, 0) is 24.3 Å². The SMILES string of the molecule is COc1ccncc1-c1cc(C(F)(F)F)ccc1N. The van der Waals surface area contributed by atoms with Crippen LogP contribution in [0.2, 0.25) is 0 Å². The van der Waals surface area contributed by atoms with Crippen LogP contribution in [0.15, 0.2) is 36.7 Å². The smallest absolute Gasteiger partial charge is 0.416 e. The number of rotatable bonds is 2. The Morgan fingerprint density at radius 2 is 1.89 bits per heavy atom. The number of nitrogens with zero attached hydrogens (tertiary/aromatic N) is 1. The van der Waals surface area contributed by atoms with Gasteiger partial charge in [-0.2, -0.15) is 13.2 Å². The molecule has 2 rings (SSSR count). The third-order valence-corrected chi connectivity index (χ3v) is 2.67. The molecule has 0 saturated heterocycles. The van der Waals surface area contributed by atoms with E-state index in [9.17, 15) is 13.2 Å². The number of hydrogen-bond acceptors (Lipinski definition) is 3. The molecule has 0 aliphatic carbocycles. The third kappa shape index (κ3) is 2.62. The Morgan fingerprint density at radius 1 is 1.16 bits per heavy atom. The van der Waals surface area contributed by atoms with Gasteiger partial charge in [0.05, 0.1) is 12.7 Å². The van der Waals surface area contributed by atoms with Crippen molar-refractivity contribution < 1.29 is 17.9 Å². The molecule has 0 bridgehead atoms. The monoisotopic (exact) mass is 268 g/mol. The van der Waals surface area contributed by atoms with Gasteiger partial charge in [0.1, 0.15) is 5.75 Å². The van der Waals surface area contributed by atoms with E-state index >= 15 is 0 Å². The second-order valence-electron chi connectivity index (χ2n) is 3.88. The largest absolute Gasteiger partial charge is 0.496 e. The molecule has 19 heavy (non-hydrogen) atoms. The van der Waals surface area contributed by atoms with Crippen LogP contribution in [-0.2, 0) is 6.18 Å². The van der Waals surface area contributed by atoms with Crippen LogP contribution < -0.4 is 10.5 Å². The fraction of sp³-hybridized carbons (Fsp3) is 0.154. The molecular formula is C13H11F3N2O. The van der Waals surface area contributed by atoms with Crippen molar-refractivity contribution in [2.45, 2.75) is 6.18 Å². The number of methoxy groups -OCH3 is 1. The zero-order chi connectivity index (χ0) is 14.0. The molecule has 100 valence electrons. The van der Waals surface area contributed by atoms with E-state index in [0.29, 0.717) is 11.3 Å². The second-order valence-corrected chi connectivity index (χ2v) is 3.88. The third-order valence-electron chi connectivity index (χ3n) is 2.67. The van der Waals surface area contributed by atoms with Gasteiger partial charge in [0.15, 0.2) is 0 Å². The van der Waals surface area contributed by atoms with Gasteiger partial charge in [-0.25, -0.2) is 0 Å². The van der Waals surface area contributed by atoms with E-state index in [1.807, 2.05) is 0 Å². The van der Waals surface area contributed by atoms with Gasteiger partial charge in [-0.1, -0.05) is 0 Å². The highest BCUT2D eigenvalue weighted by Crippen LogP contribution is 2.37. The molecule has 0 aliphatic rings. The number of halogens is 3. The average molecular weight is 268 g/mol. The lowest BCUT2D eigenvalue weighted by atomic mass is 10.0. The number of hydrogen-bond donors (Lipinski definition) is 1. The van der Waals surface area contributed by atoms with Crippen molar-refractivity contribution in [3.8, 4) is 16.9 Å². The molecule has 0 aliphatic heterocycles. The first-order chi connectivity index (χ1) is 8.93. The predicted octanol–water partition coefficient (Wildman–Crippen LogP) is 3.36. The van der Waals surface area contributed by atoms with Crippen LogP contribution in [0.4, 0.5) is 18.9 Å². The zero-order valence-corrected chi connectivity index (χ0v) is 10.0. The number of pyridine rings is 1. The van der Waals surface area contributed by atoms with Gasteiger partial charge in [-0.3, -0.25) is 4.98 Å². The fourth-order valence-electron chi connectivity index (χ4n) is 1.73. The van der Waals surface area contributed by atoms with Gasteiger partial charge < -0.3 is 10.5 Å². The highest BCUT2D eigenvalue weighted by atomic mass is 19.4. The molecule has 0 spiro atoms. The Hall–Kier alpha value is -2.24. The van der Waals surface area contributed by atoms with E-state index < -0.39 is 11.7 Å². The molecule has 1 aromatic carbocycles. The number of nitrogen functional groups attached to an aromatic ring is 1. The Morgan fingerprint density at radius 3 is 2.53 bits per heavy atom. The molecule has 0 amide bonds. The van der Waals surface area contributed by atoms with Crippen molar-refractivity contribution in [1.29, 1.82) is 0 Å². The topological polar surface area (TPSA) is 48.1 Å². The summed E-state index contributed by atoms with van der Waals surface area (Å²) in [7, 11) is 1.43. The molecule has 0 unspecified atom stereocenters. The van der Waals surface area contributed by atoms with Crippen molar-refractivity contribution in [2.75, 3.05) is 12.8 Å². The molecule has 1 aromatic heterocycles. The molecule has 6 heteroatoms. The van der Waals surface area contributed by atoms with Crippen molar-refractivity contribution in [3.63, 3.8) is 0 Å².